The number of benzene rings is 1. The van der Waals surface area contributed by atoms with Crippen molar-refractivity contribution in [1.82, 2.24) is 10.2 Å². The summed E-state index contributed by atoms with van der Waals surface area (Å²) >= 11 is 0. The van der Waals surface area contributed by atoms with Crippen molar-refractivity contribution < 1.29 is 4.79 Å². The van der Waals surface area contributed by atoms with Crippen molar-refractivity contribution in [2.24, 2.45) is 11.7 Å². The molecule has 1 aliphatic carbocycles. The first-order valence-corrected chi connectivity index (χ1v) is 8.43. The van der Waals surface area contributed by atoms with Gasteiger partial charge in [0.2, 0.25) is 5.91 Å². The summed E-state index contributed by atoms with van der Waals surface area (Å²) in [5, 5.41) is 3.21. The SMILES string of the molecule is CC(C(=O)NC1CC(C)N(C2CC2)C1)C(N)c1ccccc1.Cl.Cl. The van der Waals surface area contributed by atoms with E-state index < -0.39 is 0 Å². The van der Waals surface area contributed by atoms with Crippen molar-refractivity contribution >= 4 is 30.7 Å². The van der Waals surface area contributed by atoms with E-state index in [0.29, 0.717) is 6.04 Å². The van der Waals surface area contributed by atoms with Gasteiger partial charge in [-0.3, -0.25) is 9.69 Å². The van der Waals surface area contributed by atoms with Gasteiger partial charge in [0.05, 0.1) is 5.92 Å². The maximum Gasteiger partial charge on any atom is 0.225 e. The Morgan fingerprint density at radius 2 is 1.88 bits per heavy atom. The van der Waals surface area contributed by atoms with Crippen LogP contribution in [0.25, 0.3) is 0 Å². The van der Waals surface area contributed by atoms with Gasteiger partial charge >= 0.3 is 0 Å². The van der Waals surface area contributed by atoms with E-state index in [9.17, 15) is 4.79 Å². The van der Waals surface area contributed by atoms with E-state index in [4.69, 9.17) is 5.73 Å². The van der Waals surface area contributed by atoms with Gasteiger partial charge in [-0.2, -0.15) is 0 Å². The molecule has 1 heterocycles. The minimum Gasteiger partial charge on any atom is -0.352 e. The largest absolute Gasteiger partial charge is 0.352 e. The maximum absolute atomic E-state index is 12.5. The normalized spacial score (nSPS) is 26.0. The average Bonchev–Trinajstić information content (AvgIpc) is 3.30. The Morgan fingerprint density at radius 3 is 2.46 bits per heavy atom. The molecule has 4 nitrogen and oxygen atoms in total. The second-order valence-corrected chi connectivity index (χ2v) is 6.94. The third-order valence-corrected chi connectivity index (χ3v) is 5.12. The zero-order valence-corrected chi connectivity index (χ0v) is 16.0. The highest BCUT2D eigenvalue weighted by Crippen LogP contribution is 2.33. The number of hydrogen-bond acceptors (Lipinski definition) is 3. The molecule has 1 aromatic carbocycles. The van der Waals surface area contributed by atoms with Crippen molar-refractivity contribution in [3.8, 4) is 0 Å². The monoisotopic (exact) mass is 373 g/mol. The lowest BCUT2D eigenvalue weighted by Gasteiger charge is -2.22. The second kappa shape index (κ2) is 9.04. The summed E-state index contributed by atoms with van der Waals surface area (Å²) in [5.41, 5.74) is 7.27. The number of hydrogen-bond donors (Lipinski definition) is 2. The summed E-state index contributed by atoms with van der Waals surface area (Å²) in [6, 6.07) is 11.2. The Labute approximate surface area is 157 Å². The van der Waals surface area contributed by atoms with E-state index in [-0.39, 0.29) is 48.7 Å². The quantitative estimate of drug-likeness (QED) is 0.833. The molecule has 136 valence electrons. The van der Waals surface area contributed by atoms with E-state index >= 15 is 0 Å². The summed E-state index contributed by atoms with van der Waals surface area (Å²) in [4.78, 5) is 15.1. The van der Waals surface area contributed by atoms with E-state index in [1.807, 2.05) is 37.3 Å². The van der Waals surface area contributed by atoms with Gasteiger partial charge in [-0.1, -0.05) is 37.3 Å². The van der Waals surface area contributed by atoms with Gasteiger partial charge in [0.15, 0.2) is 0 Å². The molecule has 3 rings (SSSR count). The smallest absolute Gasteiger partial charge is 0.225 e. The van der Waals surface area contributed by atoms with E-state index in [1.54, 1.807) is 0 Å². The standard InChI is InChI=1S/C18H27N3O.2ClH/c1-12-10-15(11-21(12)16-8-9-16)20-18(22)13(2)17(19)14-6-4-3-5-7-14;;/h3-7,12-13,15-17H,8-11,19H2,1-2H3,(H,20,22);2*1H. The number of carbonyl (C=O) groups is 1. The maximum atomic E-state index is 12.5. The van der Waals surface area contributed by atoms with Crippen LogP contribution in [0.3, 0.4) is 0 Å². The molecular formula is C18H29Cl2N3O. The molecule has 4 unspecified atom stereocenters. The summed E-state index contributed by atoms with van der Waals surface area (Å²) < 4.78 is 0. The van der Waals surface area contributed by atoms with E-state index in [1.165, 1.54) is 12.8 Å². The topological polar surface area (TPSA) is 58.4 Å². The Hall–Kier alpha value is -0.810. The third-order valence-electron chi connectivity index (χ3n) is 5.12. The minimum atomic E-state index is -0.250. The highest BCUT2D eigenvalue weighted by molar-refractivity contribution is 5.85. The molecule has 0 spiro atoms. The molecule has 3 N–H and O–H groups in total. The highest BCUT2D eigenvalue weighted by Gasteiger charge is 2.39. The first-order valence-electron chi connectivity index (χ1n) is 8.43. The fourth-order valence-corrected chi connectivity index (χ4v) is 3.54. The van der Waals surface area contributed by atoms with Crippen LogP contribution >= 0.6 is 24.8 Å². The minimum absolute atomic E-state index is 0. The summed E-state index contributed by atoms with van der Waals surface area (Å²) in [6.07, 6.45) is 3.69. The molecule has 1 aromatic rings. The summed E-state index contributed by atoms with van der Waals surface area (Å²) in [7, 11) is 0. The number of nitrogens with one attached hydrogen (secondary N) is 1. The van der Waals surface area contributed by atoms with Gasteiger partial charge in [0, 0.05) is 30.7 Å². The van der Waals surface area contributed by atoms with E-state index in [2.05, 4.69) is 17.1 Å². The first kappa shape index (κ1) is 21.2. The van der Waals surface area contributed by atoms with Crippen molar-refractivity contribution in [2.75, 3.05) is 6.54 Å². The number of halogens is 2. The van der Waals surface area contributed by atoms with Crippen LogP contribution in [0.5, 0.6) is 0 Å². The van der Waals surface area contributed by atoms with Gasteiger partial charge in [-0.15, -0.1) is 24.8 Å². The molecule has 6 heteroatoms. The van der Waals surface area contributed by atoms with Gasteiger partial charge in [-0.25, -0.2) is 0 Å². The number of amides is 1. The van der Waals surface area contributed by atoms with Crippen molar-refractivity contribution in [3.05, 3.63) is 35.9 Å². The third kappa shape index (κ3) is 4.85. The predicted octanol–water partition coefficient (Wildman–Crippen LogP) is 2.91. The summed E-state index contributed by atoms with van der Waals surface area (Å²) in [6.45, 7) is 5.18. The number of rotatable bonds is 5. The predicted molar refractivity (Wildman–Crippen MR) is 103 cm³/mol. The number of carbonyl (C=O) groups excluding carboxylic acids is 1. The molecule has 1 saturated heterocycles. The fraction of sp³-hybridized carbons (Fsp3) is 0.611. The molecule has 2 fully saturated rings. The molecule has 24 heavy (non-hydrogen) atoms. The molecule has 1 saturated carbocycles. The van der Waals surface area contributed by atoms with Crippen LogP contribution in [-0.2, 0) is 4.79 Å². The molecular weight excluding hydrogens is 345 g/mol. The number of nitrogens with two attached hydrogens (primary N) is 1. The first-order chi connectivity index (χ1) is 10.6. The lowest BCUT2D eigenvalue weighted by molar-refractivity contribution is -0.125. The van der Waals surface area contributed by atoms with E-state index in [0.717, 1.165) is 24.6 Å². The highest BCUT2D eigenvalue weighted by atomic mass is 35.5. The molecule has 0 aromatic heterocycles. The molecule has 0 bridgehead atoms. The van der Waals surface area contributed by atoms with Gasteiger partial charge < -0.3 is 11.1 Å². The van der Waals surface area contributed by atoms with Crippen LogP contribution in [0.1, 0.15) is 44.7 Å². The fourth-order valence-electron chi connectivity index (χ4n) is 3.54. The van der Waals surface area contributed by atoms with Crippen LogP contribution in [0.2, 0.25) is 0 Å². The van der Waals surface area contributed by atoms with Gasteiger partial charge in [0.1, 0.15) is 0 Å². The van der Waals surface area contributed by atoms with Crippen molar-refractivity contribution in [2.45, 2.75) is 57.3 Å². The molecule has 0 radical (unpaired) electrons. The van der Waals surface area contributed by atoms with Crippen molar-refractivity contribution in [3.63, 3.8) is 0 Å². The van der Waals surface area contributed by atoms with Crippen LogP contribution in [0.15, 0.2) is 30.3 Å². The van der Waals surface area contributed by atoms with Crippen LogP contribution in [0.4, 0.5) is 0 Å². The second-order valence-electron chi connectivity index (χ2n) is 6.94. The molecule has 1 amide bonds. The zero-order chi connectivity index (χ0) is 15.7. The Balaban J connectivity index is 0.00000144. The number of nitrogens with zero attached hydrogens (tertiary/aromatic N) is 1. The Kier molecular flexibility index (Phi) is 8.00. The van der Waals surface area contributed by atoms with Crippen LogP contribution < -0.4 is 11.1 Å². The zero-order valence-electron chi connectivity index (χ0n) is 14.4. The summed E-state index contributed by atoms with van der Waals surface area (Å²) in [5.74, 6) is -0.140. The van der Waals surface area contributed by atoms with Gasteiger partial charge in [-0.05, 0) is 31.7 Å². The van der Waals surface area contributed by atoms with Gasteiger partial charge in [0.25, 0.3) is 0 Å². The van der Waals surface area contributed by atoms with Crippen molar-refractivity contribution in [1.29, 1.82) is 0 Å². The van der Waals surface area contributed by atoms with Crippen LogP contribution in [0, 0.1) is 5.92 Å². The molecule has 2 aliphatic rings. The molecule has 4 atom stereocenters. The lowest BCUT2D eigenvalue weighted by Crippen LogP contribution is -2.42. The molecule has 1 aliphatic heterocycles. The Morgan fingerprint density at radius 1 is 1.25 bits per heavy atom. The van der Waals surface area contributed by atoms with Crippen LogP contribution in [-0.4, -0.2) is 35.5 Å². The number of likely N-dealkylation sites (tertiary alicyclic amines) is 1. The average molecular weight is 374 g/mol. The Bertz CT molecular complexity index is 524. The lowest BCUT2D eigenvalue weighted by atomic mass is 9.94.